The van der Waals surface area contributed by atoms with Crippen LogP contribution in [0.15, 0.2) is 18.5 Å². The molecule has 2 heterocycles. The molecule has 0 saturated carbocycles. The van der Waals surface area contributed by atoms with Crippen molar-refractivity contribution in [1.29, 1.82) is 0 Å². The van der Waals surface area contributed by atoms with Gasteiger partial charge in [-0.3, -0.25) is 4.68 Å². The van der Waals surface area contributed by atoms with Gasteiger partial charge in [-0.2, -0.15) is 22.6 Å². The van der Waals surface area contributed by atoms with Crippen molar-refractivity contribution in [3.8, 4) is 0 Å². The summed E-state index contributed by atoms with van der Waals surface area (Å²) >= 11 is 0. The molecule has 0 bridgehead atoms. The highest BCUT2D eigenvalue weighted by atomic mass is 32.2. The Bertz CT molecular complexity index is 550. The van der Waals surface area contributed by atoms with Crippen LogP contribution in [0.5, 0.6) is 0 Å². The Labute approximate surface area is 114 Å². The van der Waals surface area contributed by atoms with Crippen LogP contribution < -0.4 is 0 Å². The molecule has 0 amide bonds. The zero-order valence-electron chi connectivity index (χ0n) is 10.7. The molecule has 0 unspecified atom stereocenters. The largest absolute Gasteiger partial charge is 0.511 e. The maximum atomic E-state index is 12.5. The van der Waals surface area contributed by atoms with Crippen molar-refractivity contribution in [2.75, 3.05) is 26.8 Å². The molecule has 20 heavy (non-hydrogen) atoms. The molecule has 6 nitrogen and oxygen atoms in total. The molecule has 1 aliphatic rings. The summed E-state index contributed by atoms with van der Waals surface area (Å²) in [5, 5.41) is 4.00. The van der Waals surface area contributed by atoms with E-state index in [4.69, 9.17) is 4.74 Å². The van der Waals surface area contributed by atoms with Crippen LogP contribution in [0.1, 0.15) is 6.42 Å². The van der Waals surface area contributed by atoms with Crippen LogP contribution in [-0.4, -0.2) is 54.8 Å². The molecular formula is C10H14F3N3O3S. The van der Waals surface area contributed by atoms with E-state index in [1.807, 2.05) is 0 Å². The number of hydrogen-bond donors (Lipinski definition) is 0. The van der Waals surface area contributed by atoms with E-state index in [9.17, 15) is 21.6 Å². The zero-order chi connectivity index (χ0) is 15.0. The minimum Gasteiger partial charge on any atom is -0.385 e. The van der Waals surface area contributed by atoms with E-state index in [1.54, 1.807) is 12.3 Å². The third-order valence-electron chi connectivity index (χ3n) is 3.34. The fourth-order valence-electron chi connectivity index (χ4n) is 2.19. The average molecular weight is 313 g/mol. The van der Waals surface area contributed by atoms with Gasteiger partial charge in [0.05, 0.1) is 5.54 Å². The van der Waals surface area contributed by atoms with Crippen molar-refractivity contribution < 1.29 is 26.3 Å². The van der Waals surface area contributed by atoms with Gasteiger partial charge in [0.15, 0.2) is 0 Å². The zero-order valence-corrected chi connectivity index (χ0v) is 11.5. The van der Waals surface area contributed by atoms with Gasteiger partial charge in [-0.25, -0.2) is 8.42 Å². The van der Waals surface area contributed by atoms with Crippen molar-refractivity contribution in [3.05, 3.63) is 18.5 Å². The van der Waals surface area contributed by atoms with Crippen LogP contribution in [0, 0.1) is 0 Å². The van der Waals surface area contributed by atoms with Crippen LogP contribution in [0.4, 0.5) is 13.2 Å². The summed E-state index contributed by atoms with van der Waals surface area (Å²) in [6, 6.07) is 1.63. The number of nitrogens with zero attached hydrogens (tertiary/aromatic N) is 3. The molecule has 0 N–H and O–H groups in total. The van der Waals surface area contributed by atoms with Crippen LogP contribution in [0.25, 0.3) is 0 Å². The maximum Gasteiger partial charge on any atom is 0.511 e. The Kier molecular flexibility index (Phi) is 3.82. The van der Waals surface area contributed by atoms with E-state index in [-0.39, 0.29) is 13.1 Å². The van der Waals surface area contributed by atoms with E-state index in [2.05, 4.69) is 5.10 Å². The van der Waals surface area contributed by atoms with Gasteiger partial charge in [-0.15, -0.1) is 0 Å². The van der Waals surface area contributed by atoms with E-state index in [0.29, 0.717) is 17.3 Å². The maximum absolute atomic E-state index is 12.5. The Hall–Kier alpha value is -1.13. The van der Waals surface area contributed by atoms with Gasteiger partial charge in [0.25, 0.3) is 0 Å². The molecule has 1 aliphatic heterocycles. The lowest BCUT2D eigenvalue weighted by Crippen LogP contribution is -2.66. The fourth-order valence-corrected chi connectivity index (χ4v) is 3.30. The number of hydrogen-bond acceptors (Lipinski definition) is 4. The second-order valence-corrected chi connectivity index (χ2v) is 6.57. The molecule has 10 heteroatoms. The van der Waals surface area contributed by atoms with Crippen molar-refractivity contribution in [1.82, 2.24) is 14.1 Å². The number of aromatic nitrogens is 2. The summed E-state index contributed by atoms with van der Waals surface area (Å²) in [5.41, 5.74) is -6.05. The number of halogens is 3. The van der Waals surface area contributed by atoms with Gasteiger partial charge in [0, 0.05) is 39.2 Å². The molecule has 0 aromatic carbocycles. The first kappa shape index (κ1) is 15.3. The third-order valence-corrected chi connectivity index (χ3v) is 4.86. The predicted octanol–water partition coefficient (Wildman–Crippen LogP) is 0.780. The van der Waals surface area contributed by atoms with Crippen molar-refractivity contribution >= 4 is 10.0 Å². The summed E-state index contributed by atoms with van der Waals surface area (Å²) in [5.74, 6) is 0. The summed E-state index contributed by atoms with van der Waals surface area (Å²) in [4.78, 5) is 0. The lowest BCUT2D eigenvalue weighted by molar-refractivity contribution is -0.0585. The number of rotatable bonds is 5. The minimum atomic E-state index is -5.28. The number of sulfonamides is 1. The summed E-state index contributed by atoms with van der Waals surface area (Å²) in [6.45, 7) is -0.223. The third kappa shape index (κ3) is 2.42. The highest BCUT2D eigenvalue weighted by Crippen LogP contribution is 2.38. The molecule has 0 aliphatic carbocycles. The second kappa shape index (κ2) is 5.01. The Morgan fingerprint density at radius 3 is 2.50 bits per heavy atom. The molecule has 0 spiro atoms. The lowest BCUT2D eigenvalue weighted by atomic mass is 9.89. The minimum absolute atomic E-state index is 0.264. The molecule has 2 rings (SSSR count). The topological polar surface area (TPSA) is 64.4 Å². The van der Waals surface area contributed by atoms with E-state index in [1.165, 1.54) is 18.0 Å². The molecule has 1 fully saturated rings. The quantitative estimate of drug-likeness (QED) is 0.806. The van der Waals surface area contributed by atoms with Crippen LogP contribution in [0.2, 0.25) is 0 Å². The average Bonchev–Trinajstić information content (AvgIpc) is 2.80. The Morgan fingerprint density at radius 2 is 2.05 bits per heavy atom. The van der Waals surface area contributed by atoms with Crippen LogP contribution in [-0.2, 0) is 20.3 Å². The molecule has 0 atom stereocenters. The molecule has 1 aromatic heterocycles. The molecule has 0 radical (unpaired) electrons. The first-order chi connectivity index (χ1) is 9.23. The van der Waals surface area contributed by atoms with Crippen LogP contribution in [0.3, 0.4) is 0 Å². The predicted molar refractivity (Wildman–Crippen MR) is 63.2 cm³/mol. The summed E-state index contributed by atoms with van der Waals surface area (Å²) in [6.07, 6.45) is 3.48. The highest BCUT2D eigenvalue weighted by Gasteiger charge is 2.58. The van der Waals surface area contributed by atoms with E-state index >= 15 is 0 Å². The SMILES string of the molecule is COCCC1(n2cccn2)CN(S(=O)(=O)C(F)(F)F)C1. The molecule has 1 saturated heterocycles. The second-order valence-electron chi connectivity index (χ2n) is 4.64. The Balaban J connectivity index is 2.18. The first-order valence-electron chi connectivity index (χ1n) is 5.78. The van der Waals surface area contributed by atoms with Gasteiger partial charge in [0.1, 0.15) is 0 Å². The molecular weight excluding hydrogens is 299 g/mol. The lowest BCUT2D eigenvalue weighted by Gasteiger charge is -2.49. The summed E-state index contributed by atoms with van der Waals surface area (Å²) < 4.78 is 66.9. The standard InChI is InChI=1S/C10H14F3N3O3S/c1-19-6-3-9(16-5-2-4-14-16)7-15(8-9)20(17,18)10(11,12)13/h2,4-5H,3,6-8H2,1H3. The number of methoxy groups -OCH3 is 1. The van der Waals surface area contributed by atoms with Gasteiger partial charge in [0.2, 0.25) is 0 Å². The molecule has 114 valence electrons. The van der Waals surface area contributed by atoms with E-state index < -0.39 is 21.1 Å². The Morgan fingerprint density at radius 1 is 1.40 bits per heavy atom. The fraction of sp³-hybridized carbons (Fsp3) is 0.700. The molecule has 1 aromatic rings. The van der Waals surface area contributed by atoms with Gasteiger partial charge in [-0.1, -0.05) is 0 Å². The normalized spacial score (nSPS) is 19.8. The first-order valence-corrected chi connectivity index (χ1v) is 7.22. The van der Waals surface area contributed by atoms with Gasteiger partial charge < -0.3 is 4.74 Å². The van der Waals surface area contributed by atoms with Gasteiger partial charge in [-0.05, 0) is 12.5 Å². The number of ether oxygens (including phenoxy) is 1. The number of alkyl halides is 3. The smallest absolute Gasteiger partial charge is 0.385 e. The van der Waals surface area contributed by atoms with Crippen molar-refractivity contribution in [2.45, 2.75) is 17.5 Å². The van der Waals surface area contributed by atoms with Crippen molar-refractivity contribution in [2.24, 2.45) is 0 Å². The van der Waals surface area contributed by atoms with Gasteiger partial charge >= 0.3 is 15.5 Å². The monoisotopic (exact) mass is 313 g/mol. The van der Waals surface area contributed by atoms with E-state index in [0.717, 1.165) is 0 Å². The highest BCUT2D eigenvalue weighted by molar-refractivity contribution is 7.90. The van der Waals surface area contributed by atoms with Crippen LogP contribution >= 0.6 is 0 Å². The van der Waals surface area contributed by atoms with Crippen molar-refractivity contribution in [3.63, 3.8) is 0 Å². The summed E-state index contributed by atoms with van der Waals surface area (Å²) in [7, 11) is -3.80.